The number of likely N-dealkylation sites (N-methyl/N-ethyl adjacent to an activating group) is 1. The van der Waals surface area contributed by atoms with E-state index in [1.807, 2.05) is 24.3 Å². The molecule has 3 nitrogen and oxygen atoms in total. The quantitative estimate of drug-likeness (QED) is 0.628. The summed E-state index contributed by atoms with van der Waals surface area (Å²) in [4.78, 5) is 2.37. The molecule has 0 saturated carbocycles. The molecule has 20 heavy (non-hydrogen) atoms. The van der Waals surface area contributed by atoms with E-state index in [0.29, 0.717) is 12.5 Å². The molecule has 1 aliphatic heterocycles. The van der Waals surface area contributed by atoms with Gasteiger partial charge in [0, 0.05) is 13.1 Å². The van der Waals surface area contributed by atoms with Crippen molar-refractivity contribution in [3.05, 3.63) is 29.8 Å². The largest absolute Gasteiger partial charge is 0.490 e. The zero-order valence-electron chi connectivity index (χ0n) is 11.8. The average molecular weight is 294 g/mol. The van der Waals surface area contributed by atoms with Gasteiger partial charge in [-0.2, -0.15) is 0 Å². The third-order valence-corrected chi connectivity index (χ3v) is 3.41. The van der Waals surface area contributed by atoms with Gasteiger partial charge < -0.3 is 9.47 Å². The predicted octanol–water partition coefficient (Wildman–Crippen LogP) is 2.38. The molecule has 1 fully saturated rings. The Hall–Kier alpha value is -1.21. The zero-order valence-corrected chi connectivity index (χ0v) is 12.5. The van der Waals surface area contributed by atoms with Crippen LogP contribution in [0.5, 0.6) is 5.75 Å². The van der Waals surface area contributed by atoms with E-state index in [0.717, 1.165) is 37.6 Å². The Labute approximate surface area is 125 Å². The van der Waals surface area contributed by atoms with Crippen molar-refractivity contribution in [3.63, 3.8) is 0 Å². The summed E-state index contributed by atoms with van der Waals surface area (Å²) in [5, 5.41) is 0. The van der Waals surface area contributed by atoms with Crippen molar-refractivity contribution in [2.75, 3.05) is 38.7 Å². The summed E-state index contributed by atoms with van der Waals surface area (Å²) in [5.74, 6) is 6.99. The third kappa shape index (κ3) is 4.42. The number of hydrogen-bond acceptors (Lipinski definition) is 3. The molecule has 1 heterocycles. The van der Waals surface area contributed by atoms with Gasteiger partial charge in [-0.1, -0.05) is 30.9 Å². The van der Waals surface area contributed by atoms with E-state index < -0.39 is 0 Å². The fourth-order valence-corrected chi connectivity index (χ4v) is 2.24. The molecule has 0 aliphatic carbocycles. The van der Waals surface area contributed by atoms with Crippen molar-refractivity contribution in [3.8, 4) is 17.6 Å². The molecule has 0 spiro atoms. The van der Waals surface area contributed by atoms with Crippen molar-refractivity contribution in [1.29, 1.82) is 0 Å². The van der Waals surface area contributed by atoms with Crippen molar-refractivity contribution < 1.29 is 9.47 Å². The van der Waals surface area contributed by atoms with Gasteiger partial charge in [0.1, 0.15) is 18.5 Å². The first-order chi connectivity index (χ1) is 9.83. The van der Waals surface area contributed by atoms with E-state index in [9.17, 15) is 0 Å². The van der Waals surface area contributed by atoms with Crippen LogP contribution in [0.1, 0.15) is 12.5 Å². The zero-order chi connectivity index (χ0) is 14.2. The molecular weight excluding hydrogens is 274 g/mol. The van der Waals surface area contributed by atoms with E-state index in [-0.39, 0.29) is 6.10 Å². The van der Waals surface area contributed by atoms with Crippen molar-refractivity contribution in [2.24, 2.45) is 0 Å². The van der Waals surface area contributed by atoms with Gasteiger partial charge in [0.15, 0.2) is 0 Å². The molecule has 0 amide bonds. The lowest BCUT2D eigenvalue weighted by molar-refractivity contribution is -0.0464. The van der Waals surface area contributed by atoms with Crippen LogP contribution in [0, 0.1) is 11.8 Å². The molecule has 2 rings (SSSR count). The Morgan fingerprint density at radius 1 is 1.45 bits per heavy atom. The summed E-state index contributed by atoms with van der Waals surface area (Å²) >= 11 is 5.59. The van der Waals surface area contributed by atoms with Crippen LogP contribution in [0.25, 0.3) is 0 Å². The number of halogens is 1. The predicted molar refractivity (Wildman–Crippen MR) is 81.4 cm³/mol. The Kier molecular flexibility index (Phi) is 6.20. The van der Waals surface area contributed by atoms with Crippen molar-refractivity contribution >= 4 is 11.6 Å². The highest BCUT2D eigenvalue weighted by molar-refractivity contribution is 6.19. The Bertz CT molecular complexity index is 481. The second-order valence-corrected chi connectivity index (χ2v) is 4.90. The molecule has 0 bridgehead atoms. The maximum absolute atomic E-state index is 5.87. The van der Waals surface area contributed by atoms with E-state index >= 15 is 0 Å². The Morgan fingerprint density at radius 2 is 2.30 bits per heavy atom. The highest BCUT2D eigenvalue weighted by atomic mass is 35.5. The van der Waals surface area contributed by atoms with E-state index in [1.54, 1.807) is 0 Å². The smallest absolute Gasteiger partial charge is 0.135 e. The number of benzene rings is 1. The molecular formula is C16H20ClNO2. The first kappa shape index (κ1) is 15.2. The summed E-state index contributed by atoms with van der Waals surface area (Å²) in [6.45, 7) is 6.47. The highest BCUT2D eigenvalue weighted by Gasteiger charge is 2.19. The monoisotopic (exact) mass is 293 g/mol. The van der Waals surface area contributed by atoms with Crippen LogP contribution < -0.4 is 4.74 Å². The maximum atomic E-state index is 5.87. The highest BCUT2D eigenvalue weighted by Crippen LogP contribution is 2.17. The molecule has 0 N–H and O–H groups in total. The minimum absolute atomic E-state index is 0.123. The average Bonchev–Trinajstić information content (AvgIpc) is 2.52. The second-order valence-electron chi connectivity index (χ2n) is 4.63. The molecule has 0 aromatic heterocycles. The van der Waals surface area contributed by atoms with Crippen LogP contribution in [0.4, 0.5) is 0 Å². The number of ether oxygens (including phenoxy) is 2. The van der Waals surface area contributed by atoms with Gasteiger partial charge in [-0.3, -0.25) is 4.90 Å². The van der Waals surface area contributed by atoms with Gasteiger partial charge in [0.2, 0.25) is 0 Å². The lowest BCUT2D eigenvalue weighted by atomic mass is 10.2. The second kappa shape index (κ2) is 8.16. The SMILES string of the molecule is CCN1CCOC(COc2ccccc2C#CCCl)C1. The summed E-state index contributed by atoms with van der Waals surface area (Å²) in [6.07, 6.45) is 0.123. The van der Waals surface area contributed by atoms with Gasteiger partial charge in [0.05, 0.1) is 18.1 Å². The van der Waals surface area contributed by atoms with Gasteiger partial charge in [0.25, 0.3) is 0 Å². The van der Waals surface area contributed by atoms with Crippen LogP contribution in [-0.2, 0) is 4.74 Å². The number of para-hydroxylation sites is 1. The summed E-state index contributed by atoms with van der Waals surface area (Å²) in [7, 11) is 0. The maximum Gasteiger partial charge on any atom is 0.135 e. The normalized spacial score (nSPS) is 19.2. The lowest BCUT2D eigenvalue weighted by Crippen LogP contribution is -2.44. The standard InChI is InChI=1S/C16H20ClNO2/c1-2-18-10-11-19-15(12-18)13-20-16-8-4-3-6-14(16)7-5-9-17/h3-4,6,8,15H,2,9-13H2,1H3. The van der Waals surface area contributed by atoms with Crippen LogP contribution in [0.2, 0.25) is 0 Å². The number of alkyl halides is 1. The van der Waals surface area contributed by atoms with Crippen LogP contribution in [0.3, 0.4) is 0 Å². The van der Waals surface area contributed by atoms with E-state index in [1.165, 1.54) is 0 Å². The Morgan fingerprint density at radius 3 is 3.10 bits per heavy atom. The summed E-state index contributed by atoms with van der Waals surface area (Å²) in [6, 6.07) is 7.76. The fourth-order valence-electron chi connectivity index (χ4n) is 2.18. The van der Waals surface area contributed by atoms with Gasteiger partial charge >= 0.3 is 0 Å². The molecule has 1 aromatic rings. The molecule has 108 valence electrons. The number of morpholine rings is 1. The minimum Gasteiger partial charge on any atom is -0.490 e. The lowest BCUT2D eigenvalue weighted by Gasteiger charge is -2.31. The molecule has 0 radical (unpaired) electrons. The van der Waals surface area contributed by atoms with Crippen LogP contribution in [-0.4, -0.2) is 49.7 Å². The third-order valence-electron chi connectivity index (χ3n) is 3.27. The summed E-state index contributed by atoms with van der Waals surface area (Å²) < 4.78 is 11.6. The number of nitrogens with zero attached hydrogens (tertiary/aromatic N) is 1. The molecule has 1 unspecified atom stereocenters. The van der Waals surface area contributed by atoms with Crippen molar-refractivity contribution in [1.82, 2.24) is 4.90 Å². The first-order valence-corrected chi connectivity index (χ1v) is 7.47. The van der Waals surface area contributed by atoms with Gasteiger partial charge in [-0.05, 0) is 18.7 Å². The summed E-state index contributed by atoms with van der Waals surface area (Å²) in [5.41, 5.74) is 0.872. The molecule has 1 aliphatic rings. The molecule has 1 atom stereocenters. The minimum atomic E-state index is 0.123. The Balaban J connectivity index is 1.93. The number of rotatable bonds is 4. The van der Waals surface area contributed by atoms with Crippen LogP contribution >= 0.6 is 11.6 Å². The topological polar surface area (TPSA) is 21.7 Å². The fraction of sp³-hybridized carbons (Fsp3) is 0.500. The van der Waals surface area contributed by atoms with E-state index in [2.05, 4.69) is 23.7 Å². The van der Waals surface area contributed by atoms with Crippen LogP contribution in [0.15, 0.2) is 24.3 Å². The first-order valence-electron chi connectivity index (χ1n) is 6.94. The molecule has 4 heteroatoms. The van der Waals surface area contributed by atoms with Gasteiger partial charge in [-0.25, -0.2) is 0 Å². The van der Waals surface area contributed by atoms with E-state index in [4.69, 9.17) is 21.1 Å². The molecule has 1 aromatic carbocycles. The number of hydrogen-bond donors (Lipinski definition) is 0. The van der Waals surface area contributed by atoms with Gasteiger partial charge in [-0.15, -0.1) is 11.6 Å². The molecule has 1 saturated heterocycles. The van der Waals surface area contributed by atoms with Crippen molar-refractivity contribution in [2.45, 2.75) is 13.0 Å².